The zero-order valence-corrected chi connectivity index (χ0v) is 12.2. The molecule has 0 saturated heterocycles. The molecule has 0 aliphatic rings. The molecule has 0 fully saturated rings. The minimum atomic E-state index is -0.422. The lowest BCUT2D eigenvalue weighted by molar-refractivity contribution is -0.142. The highest BCUT2D eigenvalue weighted by atomic mass is 16.5. The van der Waals surface area contributed by atoms with Crippen LogP contribution in [0.5, 0.6) is 0 Å². The van der Waals surface area contributed by atoms with Crippen molar-refractivity contribution in [3.05, 3.63) is 11.9 Å². The van der Waals surface area contributed by atoms with E-state index < -0.39 is 6.04 Å². The number of aryl methyl sites for hydroxylation is 1. The number of ether oxygens (including phenoxy) is 1. The van der Waals surface area contributed by atoms with Crippen molar-refractivity contribution in [1.29, 1.82) is 0 Å². The summed E-state index contributed by atoms with van der Waals surface area (Å²) in [5.41, 5.74) is 0. The Morgan fingerprint density at radius 1 is 1.37 bits per heavy atom. The number of carbonyl (C=O) groups is 1. The maximum absolute atomic E-state index is 11.7. The van der Waals surface area contributed by atoms with Crippen molar-refractivity contribution in [2.75, 3.05) is 24.8 Å². The van der Waals surface area contributed by atoms with Crippen LogP contribution in [0.2, 0.25) is 0 Å². The van der Waals surface area contributed by atoms with E-state index in [4.69, 9.17) is 4.74 Å². The van der Waals surface area contributed by atoms with Crippen molar-refractivity contribution in [2.45, 2.75) is 33.2 Å². The molecule has 0 amide bonds. The number of esters is 1. The lowest BCUT2D eigenvalue weighted by atomic mass is 10.0. The molecule has 1 atom stereocenters. The highest BCUT2D eigenvalue weighted by Gasteiger charge is 2.23. The van der Waals surface area contributed by atoms with E-state index in [-0.39, 0.29) is 11.9 Å². The summed E-state index contributed by atoms with van der Waals surface area (Å²) in [6.45, 7) is 5.89. The van der Waals surface area contributed by atoms with Crippen LogP contribution in [0.15, 0.2) is 6.07 Å². The van der Waals surface area contributed by atoms with Gasteiger partial charge in [0.2, 0.25) is 0 Å². The van der Waals surface area contributed by atoms with E-state index >= 15 is 0 Å². The number of rotatable bonds is 6. The van der Waals surface area contributed by atoms with Crippen molar-refractivity contribution in [2.24, 2.45) is 5.92 Å². The number of nitrogens with one attached hydrogen (secondary N) is 2. The molecule has 1 aromatic heterocycles. The number of hydrogen-bond acceptors (Lipinski definition) is 6. The second-order valence-electron chi connectivity index (χ2n) is 4.55. The summed E-state index contributed by atoms with van der Waals surface area (Å²) in [4.78, 5) is 20.4. The summed E-state index contributed by atoms with van der Waals surface area (Å²) in [6.07, 6.45) is 0.731. The normalized spacial score (nSPS) is 12.1. The van der Waals surface area contributed by atoms with Gasteiger partial charge in [-0.1, -0.05) is 20.8 Å². The Bertz CT molecular complexity index is 412. The molecule has 0 bridgehead atoms. The summed E-state index contributed by atoms with van der Waals surface area (Å²) >= 11 is 0. The van der Waals surface area contributed by atoms with Crippen LogP contribution in [-0.2, 0) is 16.0 Å². The fraction of sp³-hybridized carbons (Fsp3) is 0.615. The van der Waals surface area contributed by atoms with E-state index in [0.717, 1.165) is 18.1 Å². The average molecular weight is 266 g/mol. The van der Waals surface area contributed by atoms with E-state index in [1.54, 1.807) is 13.1 Å². The summed E-state index contributed by atoms with van der Waals surface area (Å²) in [5.74, 6) is 1.88. The number of hydrogen-bond donors (Lipinski definition) is 2. The highest BCUT2D eigenvalue weighted by Crippen LogP contribution is 2.15. The van der Waals surface area contributed by atoms with Gasteiger partial charge in [-0.15, -0.1) is 0 Å². The minimum absolute atomic E-state index is 0.102. The number of aromatic nitrogens is 2. The average Bonchev–Trinajstić information content (AvgIpc) is 2.43. The molecular formula is C13H22N4O2. The first-order valence-corrected chi connectivity index (χ1v) is 6.41. The number of methoxy groups -OCH3 is 1. The van der Waals surface area contributed by atoms with Crippen molar-refractivity contribution in [3.63, 3.8) is 0 Å². The predicted molar refractivity (Wildman–Crippen MR) is 75.2 cm³/mol. The van der Waals surface area contributed by atoms with E-state index in [9.17, 15) is 4.79 Å². The highest BCUT2D eigenvalue weighted by molar-refractivity contribution is 5.79. The molecule has 1 heterocycles. The Balaban J connectivity index is 2.98. The van der Waals surface area contributed by atoms with Crippen LogP contribution in [0.4, 0.5) is 11.6 Å². The molecule has 0 aromatic carbocycles. The van der Waals surface area contributed by atoms with Gasteiger partial charge >= 0.3 is 5.97 Å². The molecule has 0 radical (unpaired) electrons. The predicted octanol–water partition coefficient (Wildman–Crippen LogP) is 1.69. The summed E-state index contributed by atoms with van der Waals surface area (Å²) in [7, 11) is 3.18. The molecule has 6 heteroatoms. The third-order valence-corrected chi connectivity index (χ3v) is 2.77. The molecule has 2 N–H and O–H groups in total. The van der Waals surface area contributed by atoms with Crippen LogP contribution in [0.1, 0.15) is 26.6 Å². The first kappa shape index (κ1) is 15.2. The van der Waals surface area contributed by atoms with Gasteiger partial charge in [-0.3, -0.25) is 0 Å². The third kappa shape index (κ3) is 4.08. The van der Waals surface area contributed by atoms with E-state index in [2.05, 4.69) is 20.6 Å². The third-order valence-electron chi connectivity index (χ3n) is 2.77. The van der Waals surface area contributed by atoms with Gasteiger partial charge in [0, 0.05) is 19.5 Å². The van der Waals surface area contributed by atoms with Crippen molar-refractivity contribution in [1.82, 2.24) is 9.97 Å². The lowest BCUT2D eigenvalue weighted by Crippen LogP contribution is -2.35. The van der Waals surface area contributed by atoms with Gasteiger partial charge in [-0.2, -0.15) is 0 Å². The molecule has 106 valence electrons. The van der Waals surface area contributed by atoms with Gasteiger partial charge in [-0.05, 0) is 5.92 Å². The van der Waals surface area contributed by atoms with Gasteiger partial charge in [0.15, 0.2) is 0 Å². The first-order valence-electron chi connectivity index (χ1n) is 6.41. The second kappa shape index (κ2) is 6.92. The zero-order valence-electron chi connectivity index (χ0n) is 12.2. The van der Waals surface area contributed by atoms with Gasteiger partial charge in [-0.25, -0.2) is 14.8 Å². The Morgan fingerprint density at radius 2 is 2.00 bits per heavy atom. The number of nitrogens with zero attached hydrogens (tertiary/aromatic N) is 2. The fourth-order valence-electron chi connectivity index (χ4n) is 1.64. The maximum atomic E-state index is 11.7. The Kier molecular flexibility index (Phi) is 5.54. The molecule has 19 heavy (non-hydrogen) atoms. The smallest absolute Gasteiger partial charge is 0.328 e. The van der Waals surface area contributed by atoms with Crippen LogP contribution in [0, 0.1) is 5.92 Å². The van der Waals surface area contributed by atoms with Gasteiger partial charge in [0.1, 0.15) is 23.5 Å². The van der Waals surface area contributed by atoms with Gasteiger partial charge in [0.05, 0.1) is 7.11 Å². The van der Waals surface area contributed by atoms with Crippen LogP contribution in [-0.4, -0.2) is 36.1 Å². The quantitative estimate of drug-likeness (QED) is 0.763. The van der Waals surface area contributed by atoms with Crippen molar-refractivity contribution in [3.8, 4) is 0 Å². The van der Waals surface area contributed by atoms with Crippen molar-refractivity contribution >= 4 is 17.6 Å². The van der Waals surface area contributed by atoms with Crippen molar-refractivity contribution < 1.29 is 9.53 Å². The summed E-state index contributed by atoms with van der Waals surface area (Å²) in [5, 5.41) is 6.09. The Labute approximate surface area is 114 Å². The molecule has 1 unspecified atom stereocenters. The monoisotopic (exact) mass is 266 g/mol. The van der Waals surface area contributed by atoms with E-state index in [1.165, 1.54) is 7.11 Å². The Morgan fingerprint density at radius 3 is 2.47 bits per heavy atom. The summed E-state index contributed by atoms with van der Waals surface area (Å²) in [6, 6.07) is 1.35. The standard InChI is InChI=1S/C13H22N4O2/c1-6-9-15-10(14-4)7-11(16-9)17-12(8(2)3)13(18)19-5/h7-8,12H,6H2,1-5H3,(H2,14,15,16,17). The molecular weight excluding hydrogens is 244 g/mol. The van der Waals surface area contributed by atoms with Crippen LogP contribution in [0.25, 0.3) is 0 Å². The second-order valence-corrected chi connectivity index (χ2v) is 4.55. The summed E-state index contributed by atoms with van der Waals surface area (Å²) < 4.78 is 4.80. The molecule has 1 rings (SSSR count). The topological polar surface area (TPSA) is 76.1 Å². The Hall–Kier alpha value is -1.85. The number of carbonyl (C=O) groups excluding carboxylic acids is 1. The molecule has 0 aliphatic heterocycles. The largest absolute Gasteiger partial charge is 0.467 e. The molecule has 0 saturated carbocycles. The molecule has 6 nitrogen and oxygen atoms in total. The zero-order chi connectivity index (χ0) is 14.4. The first-order chi connectivity index (χ1) is 9.01. The lowest BCUT2D eigenvalue weighted by Gasteiger charge is -2.20. The fourth-order valence-corrected chi connectivity index (χ4v) is 1.64. The molecule has 1 aromatic rings. The SMILES string of the molecule is CCc1nc(NC)cc(NC(C(=O)OC)C(C)C)n1. The number of anilines is 2. The van der Waals surface area contributed by atoms with E-state index in [1.807, 2.05) is 20.8 Å². The van der Waals surface area contributed by atoms with Gasteiger partial charge < -0.3 is 15.4 Å². The van der Waals surface area contributed by atoms with Crippen LogP contribution < -0.4 is 10.6 Å². The van der Waals surface area contributed by atoms with Gasteiger partial charge in [0.25, 0.3) is 0 Å². The van der Waals surface area contributed by atoms with E-state index in [0.29, 0.717) is 5.82 Å². The van der Waals surface area contributed by atoms with Crippen LogP contribution >= 0.6 is 0 Å². The maximum Gasteiger partial charge on any atom is 0.328 e. The minimum Gasteiger partial charge on any atom is -0.467 e. The molecule has 0 aliphatic carbocycles. The molecule has 0 spiro atoms. The van der Waals surface area contributed by atoms with Crippen LogP contribution in [0.3, 0.4) is 0 Å².